The van der Waals surface area contributed by atoms with E-state index in [2.05, 4.69) is 4.98 Å². The van der Waals surface area contributed by atoms with Gasteiger partial charge >= 0.3 is 5.97 Å². The summed E-state index contributed by atoms with van der Waals surface area (Å²) in [4.78, 5) is 16.3. The van der Waals surface area contributed by atoms with E-state index in [1.165, 1.54) is 17.5 Å². The predicted molar refractivity (Wildman–Crippen MR) is 69.6 cm³/mol. The number of rotatable bonds is 3. The maximum Gasteiger partial charge on any atom is 0.349 e. The molecular formula is C13H11NO4S. The van der Waals surface area contributed by atoms with E-state index in [9.17, 15) is 4.79 Å². The van der Waals surface area contributed by atoms with Crippen LogP contribution in [0.5, 0.6) is 11.5 Å². The lowest BCUT2D eigenvalue weighted by Gasteiger charge is -1.99. The van der Waals surface area contributed by atoms with E-state index >= 15 is 0 Å². The van der Waals surface area contributed by atoms with Gasteiger partial charge in [0.15, 0.2) is 11.5 Å². The van der Waals surface area contributed by atoms with E-state index < -0.39 is 0 Å². The summed E-state index contributed by atoms with van der Waals surface area (Å²) in [6.45, 7) is 2.37. The summed E-state index contributed by atoms with van der Waals surface area (Å²) in [5.41, 5.74) is 0.893. The fourth-order valence-electron chi connectivity index (χ4n) is 1.73. The highest BCUT2D eigenvalue weighted by molar-refractivity contribution is 7.16. The maximum absolute atomic E-state index is 11.6. The second-order valence-corrected chi connectivity index (χ2v) is 4.85. The molecule has 2 heterocycles. The molecule has 1 aliphatic rings. The molecule has 0 bridgehead atoms. The van der Waals surface area contributed by atoms with Gasteiger partial charge in [-0.3, -0.25) is 0 Å². The molecule has 0 N–H and O–H groups in total. The topological polar surface area (TPSA) is 57.7 Å². The van der Waals surface area contributed by atoms with Gasteiger partial charge in [0, 0.05) is 5.56 Å². The predicted octanol–water partition coefficient (Wildman–Crippen LogP) is 2.72. The van der Waals surface area contributed by atoms with Crippen LogP contribution in [-0.4, -0.2) is 24.4 Å². The number of nitrogens with zero attached hydrogens (tertiary/aromatic N) is 1. The van der Waals surface area contributed by atoms with Gasteiger partial charge in [-0.1, -0.05) is 0 Å². The van der Waals surface area contributed by atoms with Gasteiger partial charge in [0.2, 0.25) is 6.79 Å². The molecule has 19 heavy (non-hydrogen) atoms. The molecule has 6 heteroatoms. The van der Waals surface area contributed by atoms with Gasteiger partial charge in [-0.15, -0.1) is 11.3 Å². The summed E-state index contributed by atoms with van der Waals surface area (Å²) >= 11 is 1.30. The van der Waals surface area contributed by atoms with Crippen LogP contribution >= 0.6 is 11.3 Å². The van der Waals surface area contributed by atoms with Crippen LogP contribution in [0, 0.1) is 0 Å². The molecule has 1 aliphatic heterocycles. The molecule has 0 saturated carbocycles. The number of thiazole rings is 1. The second kappa shape index (κ2) is 4.89. The van der Waals surface area contributed by atoms with Crippen molar-refractivity contribution in [2.45, 2.75) is 6.92 Å². The van der Waals surface area contributed by atoms with Crippen molar-refractivity contribution < 1.29 is 19.0 Å². The van der Waals surface area contributed by atoms with Gasteiger partial charge in [-0.25, -0.2) is 9.78 Å². The fourth-order valence-corrected chi connectivity index (χ4v) is 2.54. The van der Waals surface area contributed by atoms with Crippen molar-refractivity contribution in [3.05, 3.63) is 29.3 Å². The monoisotopic (exact) mass is 277 g/mol. The minimum Gasteiger partial charge on any atom is -0.462 e. The first-order valence-corrected chi connectivity index (χ1v) is 6.62. The Hall–Kier alpha value is -2.08. The van der Waals surface area contributed by atoms with Crippen LogP contribution in [0.3, 0.4) is 0 Å². The highest BCUT2D eigenvalue weighted by Crippen LogP contribution is 2.36. The maximum atomic E-state index is 11.6. The minimum absolute atomic E-state index is 0.241. The zero-order chi connectivity index (χ0) is 13.2. The lowest BCUT2D eigenvalue weighted by atomic mass is 10.2. The number of hydrogen-bond acceptors (Lipinski definition) is 6. The fraction of sp³-hybridized carbons (Fsp3) is 0.231. The summed E-state index contributed by atoms with van der Waals surface area (Å²) in [6.07, 6.45) is 1.53. The molecule has 3 rings (SSSR count). The smallest absolute Gasteiger partial charge is 0.349 e. The molecule has 0 atom stereocenters. The molecule has 1 aromatic carbocycles. The summed E-state index contributed by atoms with van der Waals surface area (Å²) in [7, 11) is 0. The molecule has 5 nitrogen and oxygen atoms in total. The van der Waals surface area contributed by atoms with Crippen molar-refractivity contribution in [3.63, 3.8) is 0 Å². The van der Waals surface area contributed by atoms with E-state index in [4.69, 9.17) is 14.2 Å². The van der Waals surface area contributed by atoms with Gasteiger partial charge in [0.05, 0.1) is 12.8 Å². The molecule has 0 fully saturated rings. The molecular weight excluding hydrogens is 266 g/mol. The molecule has 0 aliphatic carbocycles. The van der Waals surface area contributed by atoms with Crippen LogP contribution in [0.25, 0.3) is 10.6 Å². The van der Waals surface area contributed by atoms with Crippen LogP contribution < -0.4 is 9.47 Å². The van der Waals surface area contributed by atoms with Gasteiger partial charge in [0.25, 0.3) is 0 Å². The number of hydrogen-bond donors (Lipinski definition) is 0. The zero-order valence-corrected chi connectivity index (χ0v) is 11.0. The molecule has 2 aromatic rings. The molecule has 1 aromatic heterocycles. The van der Waals surface area contributed by atoms with Crippen LogP contribution in [0.4, 0.5) is 0 Å². The molecule has 0 unspecified atom stereocenters. The first-order chi connectivity index (χ1) is 9.28. The molecule has 0 saturated heterocycles. The Labute approximate surface area is 113 Å². The van der Waals surface area contributed by atoms with Gasteiger partial charge in [0.1, 0.15) is 9.88 Å². The van der Waals surface area contributed by atoms with Crippen molar-refractivity contribution >= 4 is 17.3 Å². The number of carbonyl (C=O) groups is 1. The number of carbonyl (C=O) groups excluding carboxylic acids is 1. The highest BCUT2D eigenvalue weighted by atomic mass is 32.1. The third kappa shape index (κ3) is 2.26. The van der Waals surface area contributed by atoms with Crippen molar-refractivity contribution in [1.29, 1.82) is 0 Å². The minimum atomic E-state index is -0.341. The number of fused-ring (bicyclic) bond motifs is 1. The number of aromatic nitrogens is 1. The molecule has 0 amide bonds. The van der Waals surface area contributed by atoms with Crippen LogP contribution in [-0.2, 0) is 4.74 Å². The van der Waals surface area contributed by atoms with Gasteiger partial charge in [-0.05, 0) is 25.1 Å². The van der Waals surface area contributed by atoms with Crippen LogP contribution in [0.15, 0.2) is 24.4 Å². The van der Waals surface area contributed by atoms with Crippen LogP contribution in [0.1, 0.15) is 16.6 Å². The quantitative estimate of drug-likeness (QED) is 0.807. The highest BCUT2D eigenvalue weighted by Gasteiger charge is 2.17. The van der Waals surface area contributed by atoms with E-state index in [1.807, 2.05) is 18.2 Å². The Kier molecular flexibility index (Phi) is 3.08. The van der Waals surface area contributed by atoms with E-state index in [0.717, 1.165) is 16.3 Å². The second-order valence-electron chi connectivity index (χ2n) is 3.82. The molecule has 0 radical (unpaired) electrons. The number of esters is 1. The lowest BCUT2D eigenvalue weighted by molar-refractivity contribution is 0.0532. The first-order valence-electron chi connectivity index (χ1n) is 5.81. The average molecular weight is 277 g/mol. The lowest BCUT2D eigenvalue weighted by Crippen LogP contribution is -2.01. The van der Waals surface area contributed by atoms with Crippen LogP contribution in [0.2, 0.25) is 0 Å². The van der Waals surface area contributed by atoms with Crippen molar-refractivity contribution in [2.24, 2.45) is 0 Å². The van der Waals surface area contributed by atoms with E-state index in [1.54, 1.807) is 6.92 Å². The Bertz CT molecular complexity index is 623. The Balaban J connectivity index is 1.88. The SMILES string of the molecule is CCOC(=O)c1cnc(-c2ccc3c(c2)OCO3)s1. The van der Waals surface area contributed by atoms with Gasteiger partial charge < -0.3 is 14.2 Å². The number of benzene rings is 1. The number of ether oxygens (including phenoxy) is 3. The molecule has 0 spiro atoms. The Morgan fingerprint density at radius 3 is 3.11 bits per heavy atom. The van der Waals surface area contributed by atoms with Crippen molar-refractivity contribution in [1.82, 2.24) is 4.98 Å². The van der Waals surface area contributed by atoms with Gasteiger partial charge in [-0.2, -0.15) is 0 Å². The summed E-state index contributed by atoms with van der Waals surface area (Å²) in [5, 5.41) is 0.751. The standard InChI is InChI=1S/C13H11NO4S/c1-2-16-13(15)11-6-14-12(19-11)8-3-4-9-10(5-8)18-7-17-9/h3-6H,2,7H2,1H3. The normalized spacial score (nSPS) is 12.5. The third-order valence-electron chi connectivity index (χ3n) is 2.60. The zero-order valence-electron chi connectivity index (χ0n) is 10.2. The first kappa shape index (κ1) is 12.0. The van der Waals surface area contributed by atoms with E-state index in [0.29, 0.717) is 17.2 Å². The molecule has 98 valence electrons. The largest absolute Gasteiger partial charge is 0.462 e. The van der Waals surface area contributed by atoms with E-state index in [-0.39, 0.29) is 12.8 Å². The summed E-state index contributed by atoms with van der Waals surface area (Å²) in [5.74, 6) is 1.09. The Morgan fingerprint density at radius 2 is 2.26 bits per heavy atom. The Morgan fingerprint density at radius 1 is 1.42 bits per heavy atom. The van der Waals surface area contributed by atoms with Crippen molar-refractivity contribution in [2.75, 3.05) is 13.4 Å². The average Bonchev–Trinajstić information content (AvgIpc) is 3.07. The summed E-state index contributed by atoms with van der Waals surface area (Å²) < 4.78 is 15.5. The third-order valence-corrected chi connectivity index (χ3v) is 3.63. The summed E-state index contributed by atoms with van der Waals surface area (Å²) in [6, 6.07) is 5.58. The van der Waals surface area contributed by atoms with Crippen molar-refractivity contribution in [3.8, 4) is 22.1 Å².